The lowest BCUT2D eigenvalue weighted by molar-refractivity contribution is 0.613. The van der Waals surface area contributed by atoms with Crippen molar-refractivity contribution in [3.05, 3.63) is 35.9 Å². The van der Waals surface area contributed by atoms with Crippen molar-refractivity contribution < 1.29 is 0 Å². The van der Waals surface area contributed by atoms with Crippen LogP contribution in [0.5, 0.6) is 0 Å². The maximum Gasteiger partial charge on any atom is 0.129 e. The van der Waals surface area contributed by atoms with Crippen molar-refractivity contribution in [1.82, 2.24) is 4.98 Å². The maximum absolute atomic E-state index is 5.91. The first-order chi connectivity index (χ1) is 8.70. The minimum absolute atomic E-state index is 0.276. The Hall–Kier alpha value is -1.61. The number of rotatable bonds is 5. The van der Waals surface area contributed by atoms with Crippen molar-refractivity contribution >= 4 is 16.7 Å². The zero-order chi connectivity index (χ0) is 13.0. The van der Waals surface area contributed by atoms with Gasteiger partial charge in [0.25, 0.3) is 0 Å². The Kier molecular flexibility index (Phi) is 4.15. The summed E-state index contributed by atoms with van der Waals surface area (Å²) in [6, 6.07) is 10.6. The molecule has 3 nitrogen and oxygen atoms in total. The summed E-state index contributed by atoms with van der Waals surface area (Å²) < 4.78 is 0. The molecule has 1 atom stereocenters. The van der Waals surface area contributed by atoms with Gasteiger partial charge in [0.2, 0.25) is 0 Å². The minimum atomic E-state index is 0.276. The molecule has 2 aromatic rings. The Labute approximate surface area is 108 Å². The number of hydrogen-bond donors (Lipinski definition) is 2. The van der Waals surface area contributed by atoms with Crippen molar-refractivity contribution in [3.63, 3.8) is 0 Å². The number of aryl methyl sites for hydroxylation is 1. The third-order valence-electron chi connectivity index (χ3n) is 3.25. The van der Waals surface area contributed by atoms with E-state index in [1.165, 1.54) is 10.9 Å². The van der Waals surface area contributed by atoms with E-state index in [2.05, 4.69) is 36.3 Å². The maximum atomic E-state index is 5.91. The van der Waals surface area contributed by atoms with Gasteiger partial charge in [0, 0.05) is 18.0 Å². The summed E-state index contributed by atoms with van der Waals surface area (Å²) in [6.07, 6.45) is 2.00. The van der Waals surface area contributed by atoms with Crippen molar-refractivity contribution in [2.24, 2.45) is 5.73 Å². The van der Waals surface area contributed by atoms with E-state index in [-0.39, 0.29) is 6.04 Å². The highest BCUT2D eigenvalue weighted by atomic mass is 15.0. The van der Waals surface area contributed by atoms with E-state index >= 15 is 0 Å². The monoisotopic (exact) mass is 243 g/mol. The van der Waals surface area contributed by atoms with Gasteiger partial charge in [-0.3, -0.25) is 0 Å². The molecular weight excluding hydrogens is 222 g/mol. The molecule has 1 aromatic heterocycles. The quantitative estimate of drug-likeness (QED) is 0.848. The predicted octanol–water partition coefficient (Wildman–Crippen LogP) is 3.08. The number of nitrogens with zero attached hydrogens (tertiary/aromatic N) is 1. The molecule has 0 amide bonds. The number of nitrogens with one attached hydrogen (secondary N) is 1. The van der Waals surface area contributed by atoms with Gasteiger partial charge >= 0.3 is 0 Å². The van der Waals surface area contributed by atoms with Crippen LogP contribution in [0.3, 0.4) is 0 Å². The largest absolute Gasteiger partial charge is 0.370 e. The van der Waals surface area contributed by atoms with Crippen LogP contribution in [0, 0.1) is 6.92 Å². The second-order valence-electron chi connectivity index (χ2n) is 4.73. The average molecular weight is 243 g/mol. The van der Waals surface area contributed by atoms with Crippen LogP contribution >= 0.6 is 0 Å². The third-order valence-corrected chi connectivity index (χ3v) is 3.25. The highest BCUT2D eigenvalue weighted by molar-refractivity contribution is 5.81. The molecule has 1 unspecified atom stereocenters. The van der Waals surface area contributed by atoms with E-state index in [4.69, 9.17) is 5.73 Å². The lowest BCUT2D eigenvalue weighted by Gasteiger charge is -2.12. The molecule has 0 aliphatic carbocycles. The normalized spacial score (nSPS) is 12.6. The third kappa shape index (κ3) is 2.99. The number of fused-ring (bicyclic) bond motifs is 1. The molecule has 0 fully saturated rings. The Balaban J connectivity index is 2.10. The van der Waals surface area contributed by atoms with Crippen LogP contribution in [-0.2, 0) is 0 Å². The molecule has 0 aliphatic rings. The van der Waals surface area contributed by atoms with Crippen LogP contribution < -0.4 is 11.1 Å². The standard InChI is InChI=1S/C15H21N3/c1-3-13(16)8-9-17-15-11(2)10-12-6-4-5-7-14(12)18-15/h4-7,10,13H,3,8-9,16H2,1-2H3,(H,17,18). The zero-order valence-corrected chi connectivity index (χ0v) is 11.1. The first kappa shape index (κ1) is 12.8. The van der Waals surface area contributed by atoms with E-state index in [9.17, 15) is 0 Å². The zero-order valence-electron chi connectivity index (χ0n) is 11.1. The molecular formula is C15H21N3. The smallest absolute Gasteiger partial charge is 0.129 e. The Morgan fingerprint density at radius 3 is 2.89 bits per heavy atom. The molecule has 1 aromatic carbocycles. The molecule has 2 rings (SSSR count). The van der Waals surface area contributed by atoms with Gasteiger partial charge in [0.05, 0.1) is 5.52 Å². The number of para-hydroxylation sites is 1. The van der Waals surface area contributed by atoms with Crippen LogP contribution in [0.25, 0.3) is 10.9 Å². The van der Waals surface area contributed by atoms with Gasteiger partial charge in [-0.25, -0.2) is 4.98 Å². The number of nitrogens with two attached hydrogens (primary N) is 1. The van der Waals surface area contributed by atoms with Crippen molar-refractivity contribution in [2.45, 2.75) is 32.7 Å². The van der Waals surface area contributed by atoms with Crippen LogP contribution in [0.4, 0.5) is 5.82 Å². The van der Waals surface area contributed by atoms with Crippen molar-refractivity contribution in [2.75, 3.05) is 11.9 Å². The molecule has 0 saturated heterocycles. The van der Waals surface area contributed by atoms with Gasteiger partial charge in [-0.2, -0.15) is 0 Å². The number of hydrogen-bond acceptors (Lipinski definition) is 3. The first-order valence-electron chi connectivity index (χ1n) is 6.56. The lowest BCUT2D eigenvalue weighted by Crippen LogP contribution is -2.22. The summed E-state index contributed by atoms with van der Waals surface area (Å²) in [4.78, 5) is 4.65. The molecule has 3 heteroatoms. The Bertz CT molecular complexity index is 522. The molecule has 18 heavy (non-hydrogen) atoms. The van der Waals surface area contributed by atoms with Gasteiger partial charge in [0.15, 0.2) is 0 Å². The highest BCUT2D eigenvalue weighted by Crippen LogP contribution is 2.19. The SMILES string of the molecule is CCC(N)CCNc1nc2ccccc2cc1C. The molecule has 0 radical (unpaired) electrons. The lowest BCUT2D eigenvalue weighted by atomic mass is 10.1. The molecule has 1 heterocycles. The molecule has 0 aliphatic heterocycles. The minimum Gasteiger partial charge on any atom is -0.370 e. The van der Waals surface area contributed by atoms with Gasteiger partial charge in [-0.1, -0.05) is 25.1 Å². The average Bonchev–Trinajstić information content (AvgIpc) is 2.39. The molecule has 0 saturated carbocycles. The Morgan fingerprint density at radius 2 is 2.11 bits per heavy atom. The van der Waals surface area contributed by atoms with Crippen LogP contribution in [-0.4, -0.2) is 17.6 Å². The Morgan fingerprint density at radius 1 is 1.33 bits per heavy atom. The molecule has 96 valence electrons. The van der Waals surface area contributed by atoms with E-state index in [0.717, 1.165) is 30.7 Å². The molecule has 0 spiro atoms. The summed E-state index contributed by atoms with van der Waals surface area (Å²) in [6.45, 7) is 5.08. The van der Waals surface area contributed by atoms with E-state index < -0.39 is 0 Å². The second kappa shape index (κ2) is 5.83. The summed E-state index contributed by atoms with van der Waals surface area (Å²) in [5.74, 6) is 0.969. The topological polar surface area (TPSA) is 50.9 Å². The number of aromatic nitrogens is 1. The fraction of sp³-hybridized carbons (Fsp3) is 0.400. The van der Waals surface area contributed by atoms with E-state index in [1.54, 1.807) is 0 Å². The molecule has 3 N–H and O–H groups in total. The number of anilines is 1. The van der Waals surface area contributed by atoms with Gasteiger partial charge in [-0.05, 0) is 37.5 Å². The number of benzene rings is 1. The summed E-state index contributed by atoms with van der Waals surface area (Å²) in [7, 11) is 0. The predicted molar refractivity (Wildman–Crippen MR) is 77.9 cm³/mol. The van der Waals surface area contributed by atoms with E-state index in [1.807, 2.05) is 18.2 Å². The van der Waals surface area contributed by atoms with Crippen LogP contribution in [0.2, 0.25) is 0 Å². The summed E-state index contributed by atoms with van der Waals surface area (Å²) >= 11 is 0. The van der Waals surface area contributed by atoms with Crippen LogP contribution in [0.15, 0.2) is 30.3 Å². The van der Waals surface area contributed by atoms with E-state index in [0.29, 0.717) is 0 Å². The summed E-state index contributed by atoms with van der Waals surface area (Å²) in [5, 5.41) is 4.57. The van der Waals surface area contributed by atoms with Crippen molar-refractivity contribution in [3.8, 4) is 0 Å². The van der Waals surface area contributed by atoms with Crippen molar-refractivity contribution in [1.29, 1.82) is 0 Å². The highest BCUT2D eigenvalue weighted by Gasteiger charge is 2.04. The summed E-state index contributed by atoms with van der Waals surface area (Å²) in [5.41, 5.74) is 8.12. The van der Waals surface area contributed by atoms with Gasteiger partial charge in [-0.15, -0.1) is 0 Å². The number of pyridine rings is 1. The molecule has 0 bridgehead atoms. The van der Waals surface area contributed by atoms with Crippen LogP contribution in [0.1, 0.15) is 25.3 Å². The van der Waals surface area contributed by atoms with Gasteiger partial charge in [0.1, 0.15) is 5.82 Å². The fourth-order valence-corrected chi connectivity index (χ4v) is 1.98. The fourth-order valence-electron chi connectivity index (χ4n) is 1.98. The first-order valence-corrected chi connectivity index (χ1v) is 6.56. The van der Waals surface area contributed by atoms with Gasteiger partial charge < -0.3 is 11.1 Å². The second-order valence-corrected chi connectivity index (χ2v) is 4.73.